The molecule has 0 spiro atoms. The van der Waals surface area contributed by atoms with Gasteiger partial charge in [-0.1, -0.05) is 29.3 Å². The molecule has 152 valence electrons. The molecule has 0 amide bonds. The Morgan fingerprint density at radius 3 is 2.73 bits per heavy atom. The van der Waals surface area contributed by atoms with Crippen LogP contribution in [0.15, 0.2) is 39.5 Å². The van der Waals surface area contributed by atoms with Gasteiger partial charge >= 0.3 is 0 Å². The Balaban J connectivity index is 2.04. The van der Waals surface area contributed by atoms with Gasteiger partial charge in [-0.05, 0) is 36.4 Å². The molecule has 3 rings (SSSR count). The Labute approximate surface area is 180 Å². The highest BCUT2D eigenvalue weighted by Gasteiger charge is 2.25. The number of pyridine rings is 1. The van der Waals surface area contributed by atoms with Crippen molar-refractivity contribution >= 4 is 41.0 Å². The van der Waals surface area contributed by atoms with Crippen LogP contribution in [0.1, 0.15) is 22.6 Å². The fourth-order valence-corrected chi connectivity index (χ4v) is 3.23. The standard InChI is InChI=1S/C20H13Cl2N3O5/c1-29-10-14-13(9-23)20(26)24-16(19(14)25(27)28)7-5-11-6-8-17(30-11)12-3-2-4-15(21)18(12)22/h2-8H,10H2,1H3,(H,24,26). The third-order valence-corrected chi connectivity index (χ3v) is 4.98. The summed E-state index contributed by atoms with van der Waals surface area (Å²) in [7, 11) is 1.31. The quantitative estimate of drug-likeness (QED) is 0.418. The molecule has 0 radical (unpaired) electrons. The van der Waals surface area contributed by atoms with E-state index in [9.17, 15) is 20.2 Å². The number of nitrogens with one attached hydrogen (secondary N) is 1. The van der Waals surface area contributed by atoms with Crippen molar-refractivity contribution in [3.63, 3.8) is 0 Å². The number of nitrogens with zero attached hydrogens (tertiary/aromatic N) is 2. The predicted octanol–water partition coefficient (Wildman–Crippen LogP) is 5.04. The first-order chi connectivity index (χ1) is 14.4. The number of nitriles is 1. The first-order valence-electron chi connectivity index (χ1n) is 8.42. The minimum Gasteiger partial charge on any atom is -0.457 e. The van der Waals surface area contributed by atoms with E-state index in [2.05, 4.69) is 4.98 Å². The van der Waals surface area contributed by atoms with Crippen molar-refractivity contribution < 1.29 is 14.1 Å². The molecule has 0 bridgehead atoms. The Bertz CT molecular complexity index is 1250. The van der Waals surface area contributed by atoms with Gasteiger partial charge < -0.3 is 14.1 Å². The molecule has 0 atom stereocenters. The van der Waals surface area contributed by atoms with Gasteiger partial charge in [0, 0.05) is 12.7 Å². The lowest BCUT2D eigenvalue weighted by atomic mass is 10.1. The summed E-state index contributed by atoms with van der Waals surface area (Å²) in [5.74, 6) is 0.805. The number of hydrogen-bond donors (Lipinski definition) is 1. The molecule has 10 heteroatoms. The monoisotopic (exact) mass is 445 g/mol. The summed E-state index contributed by atoms with van der Waals surface area (Å²) in [6.07, 6.45) is 2.77. The van der Waals surface area contributed by atoms with Gasteiger partial charge in [0.05, 0.1) is 27.1 Å². The highest BCUT2D eigenvalue weighted by molar-refractivity contribution is 6.43. The molecule has 0 unspecified atom stereocenters. The van der Waals surface area contributed by atoms with E-state index >= 15 is 0 Å². The van der Waals surface area contributed by atoms with Crippen LogP contribution in [0.25, 0.3) is 23.5 Å². The van der Waals surface area contributed by atoms with Crippen LogP contribution in [0.4, 0.5) is 5.69 Å². The number of ether oxygens (including phenoxy) is 1. The molecule has 0 aliphatic heterocycles. The summed E-state index contributed by atoms with van der Waals surface area (Å²) in [6.45, 7) is -0.262. The van der Waals surface area contributed by atoms with Gasteiger partial charge in [-0.25, -0.2) is 0 Å². The number of H-pyrrole nitrogens is 1. The summed E-state index contributed by atoms with van der Waals surface area (Å²) in [5.41, 5.74) is -1.14. The SMILES string of the molecule is COCc1c([N+](=O)[O-])c(C=Cc2ccc(-c3cccc(Cl)c3Cl)o2)[nH]c(=O)c1C#N. The number of hydrogen-bond acceptors (Lipinski definition) is 6. The number of methoxy groups -OCH3 is 1. The fraction of sp³-hybridized carbons (Fsp3) is 0.100. The van der Waals surface area contributed by atoms with Crippen molar-refractivity contribution in [3.8, 4) is 17.4 Å². The first kappa shape index (κ1) is 21.3. The number of nitro groups is 1. The Kier molecular flexibility index (Phi) is 6.37. The third kappa shape index (κ3) is 4.14. The maximum atomic E-state index is 12.2. The molecule has 2 heterocycles. The summed E-state index contributed by atoms with van der Waals surface area (Å²) in [6, 6.07) is 10.1. The molecule has 0 aliphatic rings. The van der Waals surface area contributed by atoms with E-state index < -0.39 is 16.2 Å². The van der Waals surface area contributed by atoms with Crippen molar-refractivity contribution in [3.05, 3.63) is 83.4 Å². The number of furan rings is 1. The van der Waals surface area contributed by atoms with Crippen LogP contribution in [0.5, 0.6) is 0 Å². The van der Waals surface area contributed by atoms with E-state index in [4.69, 9.17) is 32.4 Å². The van der Waals surface area contributed by atoms with Crippen LogP contribution in [-0.2, 0) is 11.3 Å². The molecule has 0 aliphatic carbocycles. The van der Waals surface area contributed by atoms with Crippen molar-refractivity contribution in [1.82, 2.24) is 4.98 Å². The van der Waals surface area contributed by atoms with Crippen molar-refractivity contribution in [2.45, 2.75) is 6.61 Å². The van der Waals surface area contributed by atoms with E-state index in [0.29, 0.717) is 27.1 Å². The second-order valence-electron chi connectivity index (χ2n) is 6.01. The van der Waals surface area contributed by atoms with E-state index in [1.54, 1.807) is 36.4 Å². The highest BCUT2D eigenvalue weighted by atomic mass is 35.5. The van der Waals surface area contributed by atoms with Gasteiger partial charge in [0.2, 0.25) is 0 Å². The number of benzene rings is 1. The van der Waals surface area contributed by atoms with Crippen LogP contribution < -0.4 is 5.56 Å². The molecule has 0 saturated heterocycles. The van der Waals surface area contributed by atoms with Crippen LogP contribution in [-0.4, -0.2) is 17.0 Å². The number of aromatic amines is 1. The zero-order valence-corrected chi connectivity index (χ0v) is 17.0. The van der Waals surface area contributed by atoms with E-state index in [1.165, 1.54) is 19.3 Å². The first-order valence-corrected chi connectivity index (χ1v) is 9.17. The zero-order chi connectivity index (χ0) is 21.8. The maximum Gasteiger partial charge on any atom is 0.299 e. The maximum absolute atomic E-state index is 12.2. The number of aromatic nitrogens is 1. The summed E-state index contributed by atoms with van der Waals surface area (Å²) in [4.78, 5) is 25.5. The zero-order valence-electron chi connectivity index (χ0n) is 15.4. The Morgan fingerprint density at radius 2 is 2.07 bits per heavy atom. The molecule has 0 fully saturated rings. The smallest absolute Gasteiger partial charge is 0.299 e. The highest BCUT2D eigenvalue weighted by Crippen LogP contribution is 2.34. The van der Waals surface area contributed by atoms with Gasteiger partial charge in [0.1, 0.15) is 28.8 Å². The summed E-state index contributed by atoms with van der Waals surface area (Å²) >= 11 is 12.2. The predicted molar refractivity (Wildman–Crippen MR) is 112 cm³/mol. The molecule has 2 aromatic heterocycles. The largest absolute Gasteiger partial charge is 0.457 e. The summed E-state index contributed by atoms with van der Waals surface area (Å²) in [5, 5.41) is 21.5. The van der Waals surface area contributed by atoms with Gasteiger partial charge in [-0.3, -0.25) is 14.9 Å². The number of halogens is 2. The Morgan fingerprint density at radius 1 is 1.30 bits per heavy atom. The number of rotatable bonds is 6. The van der Waals surface area contributed by atoms with E-state index in [-0.39, 0.29) is 23.4 Å². The van der Waals surface area contributed by atoms with Crippen molar-refractivity contribution in [2.75, 3.05) is 7.11 Å². The van der Waals surface area contributed by atoms with Gasteiger partial charge in [0.25, 0.3) is 11.2 Å². The molecular weight excluding hydrogens is 433 g/mol. The molecule has 8 nitrogen and oxygen atoms in total. The third-order valence-electron chi connectivity index (χ3n) is 4.16. The molecule has 3 aromatic rings. The second kappa shape index (κ2) is 8.97. The van der Waals surface area contributed by atoms with Crippen molar-refractivity contribution in [2.24, 2.45) is 0 Å². The topological polar surface area (TPSA) is 122 Å². The van der Waals surface area contributed by atoms with Crippen molar-refractivity contribution in [1.29, 1.82) is 5.26 Å². The van der Waals surface area contributed by atoms with Crippen LogP contribution >= 0.6 is 23.2 Å². The van der Waals surface area contributed by atoms with Gasteiger partial charge in [0.15, 0.2) is 0 Å². The molecule has 30 heavy (non-hydrogen) atoms. The average Bonchev–Trinajstić information content (AvgIpc) is 3.17. The van der Waals surface area contributed by atoms with Crippen LogP contribution in [0.2, 0.25) is 10.0 Å². The fourth-order valence-electron chi connectivity index (χ4n) is 2.84. The average molecular weight is 446 g/mol. The normalized spacial score (nSPS) is 11.0. The second-order valence-corrected chi connectivity index (χ2v) is 6.79. The lowest BCUT2D eigenvalue weighted by Crippen LogP contribution is -2.18. The minimum atomic E-state index is -0.749. The van der Waals surface area contributed by atoms with Gasteiger partial charge in [-0.15, -0.1) is 0 Å². The summed E-state index contributed by atoms with van der Waals surface area (Å²) < 4.78 is 10.6. The Hall–Kier alpha value is -3.38. The van der Waals surface area contributed by atoms with Gasteiger partial charge in [-0.2, -0.15) is 5.26 Å². The molecule has 0 saturated carbocycles. The van der Waals surface area contributed by atoms with Crippen LogP contribution in [0.3, 0.4) is 0 Å². The molecular formula is C20H13Cl2N3O5. The minimum absolute atomic E-state index is 0.0882. The van der Waals surface area contributed by atoms with E-state index in [1.807, 2.05) is 0 Å². The lowest BCUT2D eigenvalue weighted by Gasteiger charge is -2.06. The van der Waals surface area contributed by atoms with Crippen LogP contribution in [0, 0.1) is 21.4 Å². The van der Waals surface area contributed by atoms with E-state index in [0.717, 1.165) is 0 Å². The molecule has 1 aromatic carbocycles. The molecule has 1 N–H and O–H groups in total. The lowest BCUT2D eigenvalue weighted by molar-refractivity contribution is -0.386.